The van der Waals surface area contributed by atoms with E-state index in [1.54, 1.807) is 5.48 Å². The van der Waals surface area contributed by atoms with Gasteiger partial charge in [0.15, 0.2) is 6.29 Å². The van der Waals surface area contributed by atoms with Gasteiger partial charge >= 0.3 is 0 Å². The Morgan fingerprint density at radius 2 is 1.60 bits per heavy atom. The number of hydrogen-bond acceptors (Lipinski definition) is 7. The molecule has 4 N–H and O–H groups in total. The summed E-state index contributed by atoms with van der Waals surface area (Å²) < 4.78 is 13.2. The van der Waals surface area contributed by atoms with Gasteiger partial charge in [0.05, 0.1) is 18.8 Å². The molecule has 1 heterocycles. The highest BCUT2D eigenvalue weighted by Gasteiger charge is 2.33. The largest absolute Gasteiger partial charge is 0.392 e. The summed E-state index contributed by atoms with van der Waals surface area (Å²) >= 11 is 0. The first-order chi connectivity index (χ1) is 22.8. The lowest BCUT2D eigenvalue weighted by molar-refractivity contribution is -0.253. The van der Waals surface area contributed by atoms with Gasteiger partial charge in [-0.25, -0.2) is 5.48 Å². The highest BCUT2D eigenvalue weighted by atomic mass is 16.7. The maximum absolute atomic E-state index is 12.7. The summed E-state index contributed by atoms with van der Waals surface area (Å²) in [5, 5.41) is 23.6. The Labute approximate surface area is 276 Å². The molecule has 1 aliphatic rings. The predicted molar refractivity (Wildman–Crippen MR) is 182 cm³/mol. The molecule has 9 nitrogen and oxygen atoms in total. The van der Waals surface area contributed by atoms with Crippen molar-refractivity contribution in [3.05, 3.63) is 113 Å². The van der Waals surface area contributed by atoms with E-state index in [4.69, 9.17) is 14.7 Å². The number of hydroxylamine groups is 1. The number of hydrogen-bond donors (Lipinski definition) is 4. The lowest BCUT2D eigenvalue weighted by Crippen LogP contribution is -2.38. The van der Waals surface area contributed by atoms with Gasteiger partial charge in [0.2, 0.25) is 11.8 Å². The highest BCUT2D eigenvalue weighted by molar-refractivity contribution is 5.90. The van der Waals surface area contributed by atoms with Crippen LogP contribution in [-0.2, 0) is 25.7 Å². The molecule has 2 amide bonds. The zero-order chi connectivity index (χ0) is 33.2. The summed E-state index contributed by atoms with van der Waals surface area (Å²) in [6, 6.07) is 30.6. The van der Waals surface area contributed by atoms with Crippen LogP contribution < -0.4 is 10.8 Å². The fraction of sp³-hybridized carbons (Fsp3) is 0.368. The van der Waals surface area contributed by atoms with Crippen molar-refractivity contribution in [1.29, 1.82) is 0 Å². The quantitative estimate of drug-likeness (QED) is 0.0669. The van der Waals surface area contributed by atoms with E-state index < -0.39 is 12.2 Å². The molecule has 0 spiro atoms. The molecule has 1 saturated heterocycles. The van der Waals surface area contributed by atoms with Gasteiger partial charge in [0, 0.05) is 43.1 Å². The van der Waals surface area contributed by atoms with Gasteiger partial charge in [-0.3, -0.25) is 19.7 Å². The lowest BCUT2D eigenvalue weighted by Gasteiger charge is -2.39. The van der Waals surface area contributed by atoms with E-state index >= 15 is 0 Å². The summed E-state index contributed by atoms with van der Waals surface area (Å²) in [6.07, 6.45) is 2.19. The number of aliphatic hydroxyl groups is 1. The van der Waals surface area contributed by atoms with E-state index in [1.807, 2.05) is 48.5 Å². The van der Waals surface area contributed by atoms with Gasteiger partial charge in [0.25, 0.3) is 0 Å². The zero-order valence-corrected chi connectivity index (χ0v) is 27.1. The number of nitrogens with one attached hydrogen (secondary N) is 2. The van der Waals surface area contributed by atoms with Crippen LogP contribution in [-0.4, -0.2) is 46.7 Å². The Balaban J connectivity index is 1.27. The van der Waals surface area contributed by atoms with E-state index in [1.165, 1.54) is 16.3 Å². The van der Waals surface area contributed by atoms with E-state index in [2.05, 4.69) is 66.7 Å². The van der Waals surface area contributed by atoms with Crippen molar-refractivity contribution >= 4 is 28.3 Å². The summed E-state index contributed by atoms with van der Waals surface area (Å²) in [6.45, 7) is 2.89. The Bertz CT molecular complexity index is 1630. The van der Waals surface area contributed by atoms with Crippen LogP contribution in [0.1, 0.15) is 86.1 Å². The molecule has 4 aromatic rings. The Kier molecular flexibility index (Phi) is 12.1. The third-order valence-corrected chi connectivity index (χ3v) is 8.90. The predicted octanol–water partition coefficient (Wildman–Crippen LogP) is 6.96. The SMILES string of the molecule is C[C@H](c1ccc2ccccc2c1)N(C)C[C@@H]1C[C@H](c2ccc(CO)cc2)O[C@H](c2cccc(NC(=O)CCCCCC(=O)NO)c2)O1. The second-order valence-electron chi connectivity index (χ2n) is 12.3. The number of amides is 2. The first-order valence-corrected chi connectivity index (χ1v) is 16.3. The molecule has 47 heavy (non-hydrogen) atoms. The average Bonchev–Trinajstić information content (AvgIpc) is 3.10. The normalized spacial score (nSPS) is 18.6. The fourth-order valence-electron chi connectivity index (χ4n) is 6.02. The zero-order valence-electron chi connectivity index (χ0n) is 27.1. The monoisotopic (exact) mass is 639 g/mol. The number of carbonyl (C=O) groups excluding carboxylic acids is 2. The van der Waals surface area contributed by atoms with Crippen LogP contribution in [0.25, 0.3) is 10.8 Å². The summed E-state index contributed by atoms with van der Waals surface area (Å²) in [4.78, 5) is 26.1. The molecule has 1 aliphatic heterocycles. The molecule has 9 heteroatoms. The van der Waals surface area contributed by atoms with Gasteiger partial charge in [-0.15, -0.1) is 0 Å². The molecule has 5 rings (SSSR count). The van der Waals surface area contributed by atoms with E-state index in [9.17, 15) is 14.7 Å². The first-order valence-electron chi connectivity index (χ1n) is 16.3. The maximum Gasteiger partial charge on any atom is 0.243 e. The molecule has 0 unspecified atom stereocenters. The van der Waals surface area contributed by atoms with E-state index in [0.29, 0.717) is 44.3 Å². The Morgan fingerprint density at radius 3 is 2.34 bits per heavy atom. The molecular formula is C38H45N3O6. The van der Waals surface area contributed by atoms with Gasteiger partial charge in [-0.2, -0.15) is 0 Å². The van der Waals surface area contributed by atoms with E-state index in [-0.39, 0.29) is 37.2 Å². The van der Waals surface area contributed by atoms with Crippen LogP contribution in [0.4, 0.5) is 5.69 Å². The molecule has 0 bridgehead atoms. The summed E-state index contributed by atoms with van der Waals surface area (Å²) in [7, 11) is 2.12. The van der Waals surface area contributed by atoms with Gasteiger partial charge < -0.3 is 19.9 Å². The topological polar surface area (TPSA) is 120 Å². The smallest absolute Gasteiger partial charge is 0.243 e. The van der Waals surface area contributed by atoms with Crippen molar-refractivity contribution in [1.82, 2.24) is 10.4 Å². The second-order valence-corrected chi connectivity index (χ2v) is 12.3. The number of fused-ring (bicyclic) bond motifs is 1. The molecule has 248 valence electrons. The molecular weight excluding hydrogens is 594 g/mol. The number of carbonyl (C=O) groups is 2. The standard InChI is InChI=1S/C38H45N3O6/c1-26(30-20-19-28-9-6-7-10-31(28)21-30)41(2)24-34-23-35(29-17-15-27(25-42)16-18-29)47-38(46-34)32-11-8-12-33(22-32)39-36(43)13-4-3-5-14-37(44)40-45/h6-12,15-22,26,34-35,38,42,45H,3-5,13-14,23-25H2,1-2H3,(H,39,43)(H,40,44)/t26-,34+,35-,38-/m1/s1. The van der Waals surface area contributed by atoms with Crippen molar-refractivity contribution in [3.63, 3.8) is 0 Å². The van der Waals surface area contributed by atoms with Crippen LogP contribution in [0.5, 0.6) is 0 Å². The minimum Gasteiger partial charge on any atom is -0.392 e. The van der Waals surface area contributed by atoms with Crippen molar-refractivity contribution in [2.24, 2.45) is 0 Å². The Hall–Kier alpha value is -4.12. The fourth-order valence-corrected chi connectivity index (χ4v) is 6.02. The maximum atomic E-state index is 12.7. The summed E-state index contributed by atoms with van der Waals surface area (Å²) in [5.74, 6) is -0.528. The molecule has 0 aromatic heterocycles. The molecule has 4 aromatic carbocycles. The van der Waals surface area contributed by atoms with E-state index in [0.717, 1.165) is 16.7 Å². The third-order valence-electron chi connectivity index (χ3n) is 8.90. The van der Waals surface area contributed by atoms with Gasteiger partial charge in [0.1, 0.15) is 0 Å². The number of ether oxygens (including phenoxy) is 2. The van der Waals surface area contributed by atoms with Crippen molar-refractivity contribution < 1.29 is 29.4 Å². The highest BCUT2D eigenvalue weighted by Crippen LogP contribution is 2.39. The Morgan fingerprint density at radius 1 is 0.851 bits per heavy atom. The number of rotatable bonds is 14. The van der Waals surface area contributed by atoms with Crippen LogP contribution >= 0.6 is 0 Å². The molecule has 0 saturated carbocycles. The lowest BCUT2D eigenvalue weighted by atomic mass is 9.98. The molecule has 0 radical (unpaired) electrons. The third kappa shape index (κ3) is 9.47. The van der Waals surface area contributed by atoms with Crippen molar-refractivity contribution in [2.45, 2.75) is 76.6 Å². The molecule has 0 aliphatic carbocycles. The average molecular weight is 640 g/mol. The number of likely N-dealkylation sites (N-methyl/N-ethyl adjacent to an activating group) is 1. The van der Waals surface area contributed by atoms with Crippen LogP contribution in [0.3, 0.4) is 0 Å². The van der Waals surface area contributed by atoms with Crippen LogP contribution in [0.15, 0.2) is 91.0 Å². The molecule has 1 fully saturated rings. The van der Waals surface area contributed by atoms with Crippen LogP contribution in [0.2, 0.25) is 0 Å². The number of nitrogens with zero attached hydrogens (tertiary/aromatic N) is 1. The van der Waals surface area contributed by atoms with Crippen LogP contribution in [0, 0.1) is 0 Å². The molecule has 4 atom stereocenters. The summed E-state index contributed by atoms with van der Waals surface area (Å²) in [5.41, 5.74) is 6.20. The van der Waals surface area contributed by atoms with Gasteiger partial charge in [-0.05, 0) is 72.5 Å². The number of benzene rings is 4. The first kappa shape index (κ1) is 34.2. The number of aliphatic hydroxyl groups excluding tert-OH is 1. The van der Waals surface area contributed by atoms with Gasteiger partial charge in [-0.1, -0.05) is 79.2 Å². The second kappa shape index (κ2) is 16.6. The van der Waals surface area contributed by atoms with Crippen molar-refractivity contribution in [2.75, 3.05) is 18.9 Å². The minimum atomic E-state index is -0.643. The minimum absolute atomic E-state index is 0.0169. The number of unbranched alkanes of at least 4 members (excludes halogenated alkanes) is 2. The number of anilines is 1. The van der Waals surface area contributed by atoms with Crippen molar-refractivity contribution in [3.8, 4) is 0 Å².